The molecule has 0 aliphatic carbocycles. The Hall–Kier alpha value is -3.23. The second-order valence-corrected chi connectivity index (χ2v) is 9.32. The monoisotopic (exact) mass is 501 g/mol. The van der Waals surface area contributed by atoms with Gasteiger partial charge < -0.3 is 29.9 Å². The van der Waals surface area contributed by atoms with E-state index in [2.05, 4.69) is 17.2 Å². The van der Waals surface area contributed by atoms with Crippen molar-refractivity contribution in [1.82, 2.24) is 15.1 Å². The SMILES string of the molecule is C=CCOC(=O)C(C#N)[C@@H]1SC(CNc2cccc(OCC(=O)N3CCNCC3)c2)C(=O)N1CC. The summed E-state index contributed by atoms with van der Waals surface area (Å²) in [5.74, 6) is -1.39. The van der Waals surface area contributed by atoms with Gasteiger partial charge in [0.1, 0.15) is 23.0 Å². The minimum Gasteiger partial charge on any atom is -0.484 e. The maximum atomic E-state index is 12.9. The van der Waals surface area contributed by atoms with Crippen molar-refractivity contribution in [3.63, 3.8) is 0 Å². The Balaban J connectivity index is 1.56. The number of benzene rings is 1. The van der Waals surface area contributed by atoms with Crippen LogP contribution in [0.25, 0.3) is 0 Å². The molecule has 10 nitrogen and oxygen atoms in total. The van der Waals surface area contributed by atoms with E-state index in [0.29, 0.717) is 31.9 Å². The first kappa shape index (κ1) is 26.4. The Morgan fingerprint density at radius 3 is 2.86 bits per heavy atom. The Morgan fingerprint density at radius 1 is 1.40 bits per heavy atom. The molecule has 2 amide bonds. The normalized spacial score (nSPS) is 20.6. The van der Waals surface area contributed by atoms with Gasteiger partial charge in [-0.2, -0.15) is 5.26 Å². The minimum atomic E-state index is -1.08. The molecule has 0 radical (unpaired) electrons. The molecule has 188 valence electrons. The molecule has 11 heteroatoms. The molecule has 0 bridgehead atoms. The van der Waals surface area contributed by atoms with Crippen molar-refractivity contribution in [3.05, 3.63) is 36.9 Å². The fraction of sp³-hybridized carbons (Fsp3) is 0.500. The maximum absolute atomic E-state index is 12.9. The zero-order valence-electron chi connectivity index (χ0n) is 19.8. The number of amides is 2. The molecular formula is C24H31N5O5S. The van der Waals surface area contributed by atoms with E-state index in [1.807, 2.05) is 19.1 Å². The van der Waals surface area contributed by atoms with Crippen LogP contribution < -0.4 is 15.4 Å². The average Bonchev–Trinajstić information content (AvgIpc) is 3.20. The predicted octanol–water partition coefficient (Wildman–Crippen LogP) is 1.07. The molecule has 2 aliphatic rings. The fourth-order valence-corrected chi connectivity index (χ4v) is 5.36. The molecule has 0 spiro atoms. The van der Waals surface area contributed by atoms with Gasteiger partial charge in [-0.1, -0.05) is 18.7 Å². The van der Waals surface area contributed by atoms with E-state index in [-0.39, 0.29) is 25.0 Å². The van der Waals surface area contributed by atoms with Crippen molar-refractivity contribution in [3.8, 4) is 11.8 Å². The highest BCUT2D eigenvalue weighted by atomic mass is 32.2. The summed E-state index contributed by atoms with van der Waals surface area (Å²) >= 11 is 1.28. The summed E-state index contributed by atoms with van der Waals surface area (Å²) in [6, 6.07) is 9.18. The Kier molecular flexibility index (Phi) is 9.81. The number of nitrogens with one attached hydrogen (secondary N) is 2. The lowest BCUT2D eigenvalue weighted by atomic mass is 10.1. The van der Waals surface area contributed by atoms with Crippen molar-refractivity contribution in [2.45, 2.75) is 17.5 Å². The number of thioether (sulfide) groups is 1. The zero-order valence-corrected chi connectivity index (χ0v) is 20.6. The van der Waals surface area contributed by atoms with Crippen LogP contribution in [0.1, 0.15) is 6.92 Å². The Labute approximate surface area is 209 Å². The number of hydrogen-bond acceptors (Lipinski definition) is 9. The number of nitrogens with zero attached hydrogens (tertiary/aromatic N) is 3. The summed E-state index contributed by atoms with van der Waals surface area (Å²) in [4.78, 5) is 40.9. The first-order valence-corrected chi connectivity index (χ1v) is 12.5. The van der Waals surface area contributed by atoms with E-state index in [1.54, 1.807) is 28.0 Å². The third kappa shape index (κ3) is 6.90. The van der Waals surface area contributed by atoms with Crippen molar-refractivity contribution < 1.29 is 23.9 Å². The third-order valence-corrected chi connectivity index (χ3v) is 7.19. The van der Waals surface area contributed by atoms with Crippen LogP contribution in [0.4, 0.5) is 5.69 Å². The van der Waals surface area contributed by atoms with Crippen molar-refractivity contribution in [2.75, 3.05) is 57.8 Å². The highest BCUT2D eigenvalue weighted by Gasteiger charge is 2.46. The van der Waals surface area contributed by atoms with Gasteiger partial charge in [0, 0.05) is 51.0 Å². The second-order valence-electron chi connectivity index (χ2n) is 7.99. The van der Waals surface area contributed by atoms with Gasteiger partial charge in [-0.3, -0.25) is 14.4 Å². The molecule has 2 unspecified atom stereocenters. The van der Waals surface area contributed by atoms with Crippen LogP contribution in [0.3, 0.4) is 0 Å². The number of esters is 1. The van der Waals surface area contributed by atoms with Gasteiger partial charge in [-0.15, -0.1) is 11.8 Å². The van der Waals surface area contributed by atoms with Crippen LogP contribution in [0, 0.1) is 17.2 Å². The average molecular weight is 502 g/mol. The van der Waals surface area contributed by atoms with Crippen molar-refractivity contribution in [1.29, 1.82) is 5.26 Å². The molecule has 1 aromatic rings. The molecule has 3 atom stereocenters. The van der Waals surface area contributed by atoms with Crippen LogP contribution in [0.5, 0.6) is 5.75 Å². The highest BCUT2D eigenvalue weighted by molar-refractivity contribution is 8.01. The number of carbonyl (C=O) groups is 3. The molecule has 0 saturated carbocycles. The molecule has 2 N–H and O–H groups in total. The number of carbonyl (C=O) groups excluding carboxylic acids is 3. The first-order chi connectivity index (χ1) is 17.0. The van der Waals surface area contributed by atoms with Crippen LogP contribution in [-0.2, 0) is 19.1 Å². The lowest BCUT2D eigenvalue weighted by molar-refractivity contribution is -0.146. The number of piperazine rings is 1. The topological polar surface area (TPSA) is 124 Å². The molecule has 3 rings (SSSR count). The molecule has 2 saturated heterocycles. The van der Waals surface area contributed by atoms with Gasteiger partial charge in [-0.25, -0.2) is 0 Å². The third-order valence-electron chi connectivity index (χ3n) is 5.69. The molecule has 2 fully saturated rings. The quantitative estimate of drug-likeness (QED) is 0.338. The Bertz CT molecular complexity index is 962. The lowest BCUT2D eigenvalue weighted by Gasteiger charge is -2.27. The predicted molar refractivity (Wildman–Crippen MR) is 133 cm³/mol. The van der Waals surface area contributed by atoms with Gasteiger partial charge in [0.05, 0.1) is 6.07 Å². The molecule has 35 heavy (non-hydrogen) atoms. The van der Waals surface area contributed by atoms with Gasteiger partial charge in [0.25, 0.3) is 5.91 Å². The second kappa shape index (κ2) is 13.0. The van der Waals surface area contributed by atoms with E-state index in [1.165, 1.54) is 17.8 Å². The van der Waals surface area contributed by atoms with E-state index in [9.17, 15) is 19.6 Å². The van der Waals surface area contributed by atoms with Gasteiger partial charge in [-0.05, 0) is 19.1 Å². The largest absolute Gasteiger partial charge is 0.484 e. The maximum Gasteiger partial charge on any atom is 0.326 e. The van der Waals surface area contributed by atoms with E-state index >= 15 is 0 Å². The van der Waals surface area contributed by atoms with E-state index in [4.69, 9.17) is 9.47 Å². The molecule has 2 aliphatic heterocycles. The van der Waals surface area contributed by atoms with Gasteiger partial charge in [0.15, 0.2) is 12.5 Å². The number of anilines is 1. The highest BCUT2D eigenvalue weighted by Crippen LogP contribution is 2.36. The summed E-state index contributed by atoms with van der Waals surface area (Å²) in [7, 11) is 0. The van der Waals surface area contributed by atoms with Crippen LogP contribution >= 0.6 is 11.8 Å². The standard InChI is InChI=1S/C24H31N5O5S/c1-3-12-33-24(32)19(14-25)23-29(4-2)22(31)20(35-23)15-27-17-6-5-7-18(13-17)34-16-21(30)28-10-8-26-9-11-28/h3,5-7,13,19-20,23,26-27H,1,4,8-12,15-16H2,2H3/t19?,20?,23-/m0/s1. The summed E-state index contributed by atoms with van der Waals surface area (Å²) in [5, 5.41) is 14.9. The number of nitriles is 1. The number of ether oxygens (including phenoxy) is 2. The molecule has 2 heterocycles. The number of hydrogen-bond donors (Lipinski definition) is 2. The summed E-state index contributed by atoms with van der Waals surface area (Å²) in [6.07, 6.45) is 1.43. The van der Waals surface area contributed by atoms with Gasteiger partial charge >= 0.3 is 5.97 Å². The van der Waals surface area contributed by atoms with Gasteiger partial charge in [0.2, 0.25) is 5.91 Å². The molecule has 0 aromatic heterocycles. The fourth-order valence-electron chi connectivity index (χ4n) is 3.86. The van der Waals surface area contributed by atoms with Crippen LogP contribution in [0.15, 0.2) is 36.9 Å². The van der Waals surface area contributed by atoms with Crippen molar-refractivity contribution in [2.24, 2.45) is 5.92 Å². The summed E-state index contributed by atoms with van der Waals surface area (Å²) in [6.45, 7) is 8.88. The molecule has 1 aromatic carbocycles. The van der Waals surface area contributed by atoms with E-state index < -0.39 is 22.5 Å². The van der Waals surface area contributed by atoms with Crippen LogP contribution in [-0.4, -0.2) is 90.7 Å². The number of rotatable bonds is 11. The summed E-state index contributed by atoms with van der Waals surface area (Å²) < 4.78 is 10.7. The van der Waals surface area contributed by atoms with Crippen molar-refractivity contribution >= 4 is 35.2 Å². The first-order valence-electron chi connectivity index (χ1n) is 11.6. The Morgan fingerprint density at radius 2 is 2.17 bits per heavy atom. The molecular weight excluding hydrogens is 470 g/mol. The minimum absolute atomic E-state index is 0.0126. The van der Waals surface area contributed by atoms with Crippen LogP contribution in [0.2, 0.25) is 0 Å². The smallest absolute Gasteiger partial charge is 0.326 e. The lowest BCUT2D eigenvalue weighted by Crippen LogP contribution is -2.47. The van der Waals surface area contributed by atoms with E-state index in [0.717, 1.165) is 18.8 Å². The summed E-state index contributed by atoms with van der Waals surface area (Å²) in [5.41, 5.74) is 0.735. The zero-order chi connectivity index (χ0) is 25.2.